The molecule has 0 unspecified atom stereocenters. The van der Waals surface area contributed by atoms with E-state index in [1.54, 1.807) is 0 Å². The zero-order valence-electron chi connectivity index (χ0n) is 14.1. The van der Waals surface area contributed by atoms with E-state index in [1.165, 1.54) is 19.3 Å². The van der Waals surface area contributed by atoms with Crippen LogP contribution < -0.4 is 10.6 Å². The number of fused-ring (bicyclic) bond motifs is 1. The summed E-state index contributed by atoms with van der Waals surface area (Å²) in [5.74, 6) is -0.409. The number of benzene rings is 2. The molecule has 2 heterocycles. The molecule has 4 nitrogen and oxygen atoms in total. The molecule has 2 N–H and O–H groups in total. The van der Waals surface area contributed by atoms with Gasteiger partial charge in [-0.15, -0.1) is 0 Å². The average Bonchev–Trinajstić information content (AvgIpc) is 2.67. The Labute approximate surface area is 147 Å². The van der Waals surface area contributed by atoms with E-state index in [0.717, 1.165) is 40.8 Å². The molecule has 1 aliphatic rings. The van der Waals surface area contributed by atoms with Crippen LogP contribution in [0.15, 0.2) is 54.7 Å². The number of primary amides is 1. The standard InChI is InChI=1S/C21H21N3O/c22-21(25)18-9-8-17(24-10-4-1-5-11-24)13-19(18)16-12-15-6-2-3-7-20(15)23-14-16/h2-3,6-9,12-14H,1,4-5,10-11H2,(H2,22,25). The van der Waals surface area contributed by atoms with Gasteiger partial charge >= 0.3 is 0 Å². The van der Waals surface area contributed by atoms with Crippen LogP contribution in [0.25, 0.3) is 22.0 Å². The number of nitrogens with two attached hydrogens (primary N) is 1. The molecule has 0 bridgehead atoms. The predicted molar refractivity (Wildman–Crippen MR) is 102 cm³/mol. The van der Waals surface area contributed by atoms with E-state index in [-0.39, 0.29) is 0 Å². The van der Waals surface area contributed by atoms with Gasteiger partial charge in [0.25, 0.3) is 0 Å². The molecule has 25 heavy (non-hydrogen) atoms. The highest BCUT2D eigenvalue weighted by molar-refractivity contribution is 6.01. The van der Waals surface area contributed by atoms with Gasteiger partial charge in [0, 0.05) is 41.5 Å². The highest BCUT2D eigenvalue weighted by Crippen LogP contribution is 2.31. The topological polar surface area (TPSA) is 59.2 Å². The van der Waals surface area contributed by atoms with Gasteiger partial charge in [0.15, 0.2) is 0 Å². The summed E-state index contributed by atoms with van der Waals surface area (Å²) in [6.45, 7) is 2.12. The molecule has 1 amide bonds. The van der Waals surface area contributed by atoms with E-state index < -0.39 is 5.91 Å². The first-order valence-corrected chi connectivity index (χ1v) is 8.76. The summed E-state index contributed by atoms with van der Waals surface area (Å²) in [7, 11) is 0. The molecular formula is C21H21N3O. The van der Waals surface area contributed by atoms with E-state index >= 15 is 0 Å². The third kappa shape index (κ3) is 3.07. The zero-order chi connectivity index (χ0) is 17.2. The smallest absolute Gasteiger partial charge is 0.249 e. The Kier molecular flexibility index (Phi) is 4.10. The van der Waals surface area contributed by atoms with Crippen LogP contribution in [0.5, 0.6) is 0 Å². The van der Waals surface area contributed by atoms with Crippen molar-refractivity contribution in [1.29, 1.82) is 0 Å². The normalized spacial score (nSPS) is 14.6. The van der Waals surface area contributed by atoms with Crippen LogP contribution >= 0.6 is 0 Å². The lowest BCUT2D eigenvalue weighted by Crippen LogP contribution is -2.29. The van der Waals surface area contributed by atoms with Gasteiger partial charge in [0.05, 0.1) is 5.52 Å². The largest absolute Gasteiger partial charge is 0.372 e. The summed E-state index contributed by atoms with van der Waals surface area (Å²) in [6.07, 6.45) is 5.54. The van der Waals surface area contributed by atoms with Gasteiger partial charge in [-0.2, -0.15) is 0 Å². The SMILES string of the molecule is NC(=O)c1ccc(N2CCCCC2)cc1-c1cnc2ccccc2c1. The Morgan fingerprint density at radius 2 is 1.80 bits per heavy atom. The Balaban J connectivity index is 1.83. The number of amides is 1. The van der Waals surface area contributed by atoms with Crippen LogP contribution in [0.1, 0.15) is 29.6 Å². The lowest BCUT2D eigenvalue weighted by atomic mass is 9.97. The second-order valence-corrected chi connectivity index (χ2v) is 6.56. The number of carbonyl (C=O) groups is 1. The monoisotopic (exact) mass is 331 g/mol. The van der Waals surface area contributed by atoms with Crippen molar-refractivity contribution < 1.29 is 4.79 Å². The minimum Gasteiger partial charge on any atom is -0.372 e. The van der Waals surface area contributed by atoms with Crippen molar-refractivity contribution in [2.24, 2.45) is 5.73 Å². The molecule has 4 heteroatoms. The number of rotatable bonds is 3. The van der Waals surface area contributed by atoms with Crippen molar-refractivity contribution in [3.05, 3.63) is 60.3 Å². The summed E-state index contributed by atoms with van der Waals surface area (Å²) in [6, 6.07) is 16.0. The third-order valence-corrected chi connectivity index (χ3v) is 4.89. The van der Waals surface area contributed by atoms with Crippen LogP contribution in [-0.2, 0) is 0 Å². The molecule has 2 aromatic carbocycles. The molecule has 4 rings (SSSR count). The molecule has 1 fully saturated rings. The number of hydrogen-bond donors (Lipinski definition) is 1. The van der Waals surface area contributed by atoms with Crippen LogP contribution in [0.3, 0.4) is 0 Å². The van der Waals surface area contributed by atoms with Crippen LogP contribution in [0, 0.1) is 0 Å². The first-order chi connectivity index (χ1) is 12.2. The second-order valence-electron chi connectivity index (χ2n) is 6.56. The number of nitrogens with zero attached hydrogens (tertiary/aromatic N) is 2. The summed E-state index contributed by atoms with van der Waals surface area (Å²) >= 11 is 0. The maximum Gasteiger partial charge on any atom is 0.249 e. The fraction of sp³-hybridized carbons (Fsp3) is 0.238. The highest BCUT2D eigenvalue weighted by Gasteiger charge is 2.16. The number of piperidine rings is 1. The van der Waals surface area contributed by atoms with Gasteiger partial charge in [-0.3, -0.25) is 9.78 Å². The number of para-hydroxylation sites is 1. The van der Waals surface area contributed by atoms with E-state index in [1.807, 2.05) is 42.6 Å². The molecule has 0 atom stereocenters. The number of aromatic nitrogens is 1. The fourth-order valence-electron chi connectivity index (χ4n) is 3.55. The first-order valence-electron chi connectivity index (χ1n) is 8.76. The lowest BCUT2D eigenvalue weighted by Gasteiger charge is -2.29. The van der Waals surface area contributed by atoms with Crippen molar-refractivity contribution in [2.45, 2.75) is 19.3 Å². The highest BCUT2D eigenvalue weighted by atomic mass is 16.1. The van der Waals surface area contributed by atoms with Crippen molar-refractivity contribution in [1.82, 2.24) is 4.98 Å². The Bertz CT molecular complexity index is 929. The first kappa shape index (κ1) is 15.6. The summed E-state index contributed by atoms with van der Waals surface area (Å²) in [5.41, 5.74) is 10.0. The minimum atomic E-state index is -0.409. The van der Waals surface area contributed by atoms with Gasteiger partial charge in [0.1, 0.15) is 0 Å². The molecule has 0 saturated carbocycles. The molecular weight excluding hydrogens is 310 g/mol. The molecule has 0 spiro atoms. The minimum absolute atomic E-state index is 0.409. The van der Waals surface area contributed by atoms with Crippen molar-refractivity contribution in [2.75, 3.05) is 18.0 Å². The Hall–Kier alpha value is -2.88. The van der Waals surface area contributed by atoms with E-state index in [9.17, 15) is 4.79 Å². The van der Waals surface area contributed by atoms with Crippen molar-refractivity contribution in [3.63, 3.8) is 0 Å². The number of hydrogen-bond acceptors (Lipinski definition) is 3. The van der Waals surface area contributed by atoms with Gasteiger partial charge in [-0.25, -0.2) is 0 Å². The van der Waals surface area contributed by atoms with Crippen LogP contribution in [0.2, 0.25) is 0 Å². The molecule has 126 valence electrons. The predicted octanol–water partition coefficient (Wildman–Crippen LogP) is 3.99. The van der Waals surface area contributed by atoms with Crippen molar-refractivity contribution >= 4 is 22.5 Å². The molecule has 0 aliphatic carbocycles. The molecule has 0 radical (unpaired) electrons. The van der Waals surface area contributed by atoms with Gasteiger partial charge < -0.3 is 10.6 Å². The number of anilines is 1. The number of pyridine rings is 1. The zero-order valence-corrected chi connectivity index (χ0v) is 14.1. The molecule has 1 aromatic heterocycles. The van der Waals surface area contributed by atoms with Gasteiger partial charge in [-0.1, -0.05) is 18.2 Å². The van der Waals surface area contributed by atoms with E-state index in [2.05, 4.69) is 22.0 Å². The Morgan fingerprint density at radius 3 is 2.60 bits per heavy atom. The number of carbonyl (C=O) groups excluding carboxylic acids is 1. The Morgan fingerprint density at radius 1 is 1.00 bits per heavy atom. The van der Waals surface area contributed by atoms with Crippen molar-refractivity contribution in [3.8, 4) is 11.1 Å². The van der Waals surface area contributed by atoms with Crippen LogP contribution in [-0.4, -0.2) is 24.0 Å². The van der Waals surface area contributed by atoms with Gasteiger partial charge in [0.2, 0.25) is 5.91 Å². The summed E-state index contributed by atoms with van der Waals surface area (Å²) < 4.78 is 0. The van der Waals surface area contributed by atoms with E-state index in [0.29, 0.717) is 5.56 Å². The van der Waals surface area contributed by atoms with Crippen LogP contribution in [0.4, 0.5) is 5.69 Å². The molecule has 1 saturated heterocycles. The summed E-state index contributed by atoms with van der Waals surface area (Å²) in [5, 5.41) is 1.05. The average molecular weight is 331 g/mol. The quantitative estimate of drug-likeness (QED) is 0.789. The maximum absolute atomic E-state index is 11.9. The lowest BCUT2D eigenvalue weighted by molar-refractivity contribution is 0.100. The third-order valence-electron chi connectivity index (χ3n) is 4.89. The van der Waals surface area contributed by atoms with E-state index in [4.69, 9.17) is 5.73 Å². The molecule has 3 aromatic rings. The maximum atomic E-state index is 11.9. The fourth-order valence-corrected chi connectivity index (χ4v) is 3.55. The molecule has 1 aliphatic heterocycles. The van der Waals surface area contributed by atoms with Gasteiger partial charge in [-0.05, 0) is 55.2 Å². The second kappa shape index (κ2) is 6.55. The summed E-state index contributed by atoms with van der Waals surface area (Å²) in [4.78, 5) is 18.9.